The van der Waals surface area contributed by atoms with E-state index in [9.17, 15) is 4.57 Å². The number of allylic oxidation sites excluding steroid dienone is 1. The minimum atomic E-state index is -3.44. The smallest absolute Gasteiger partial charge is 0.497 e. The number of hydrogen-bond donors (Lipinski definition) is 0. The summed E-state index contributed by atoms with van der Waals surface area (Å²) in [6.45, 7) is 0. The molecule has 0 aromatic heterocycles. The molecule has 0 heterocycles. The Hall–Kier alpha value is -0.0300. The minimum absolute atomic E-state index is 0.455. The van der Waals surface area contributed by atoms with E-state index >= 15 is 0 Å². The van der Waals surface area contributed by atoms with Crippen molar-refractivity contribution in [3.05, 3.63) is 12.0 Å². The standard InChI is InChI=1S/C6H12BrO5P/c1-9-6(4-7)5-12-13(8,10-2)11-3/h5H,4H2,1-3H3/b6-5-. The van der Waals surface area contributed by atoms with Gasteiger partial charge in [0.15, 0.2) is 0 Å². The molecule has 0 aromatic rings. The van der Waals surface area contributed by atoms with Crippen molar-refractivity contribution in [2.24, 2.45) is 0 Å². The first-order chi connectivity index (χ1) is 6.11. The molecule has 78 valence electrons. The predicted molar refractivity (Wildman–Crippen MR) is 51.6 cm³/mol. The van der Waals surface area contributed by atoms with E-state index in [1.165, 1.54) is 27.6 Å². The summed E-state index contributed by atoms with van der Waals surface area (Å²) in [6.07, 6.45) is 1.18. The zero-order chi connectivity index (χ0) is 10.3. The zero-order valence-corrected chi connectivity index (χ0v) is 10.1. The number of hydrogen-bond acceptors (Lipinski definition) is 5. The number of ether oxygens (including phenoxy) is 1. The Labute approximate surface area is 85.7 Å². The van der Waals surface area contributed by atoms with Gasteiger partial charge in [-0.2, -0.15) is 0 Å². The molecule has 7 heteroatoms. The third kappa shape index (κ3) is 4.67. The molecule has 5 nitrogen and oxygen atoms in total. The molecule has 0 fully saturated rings. The summed E-state index contributed by atoms with van der Waals surface area (Å²) in [7, 11) is 0.504. The number of rotatable bonds is 6. The third-order valence-electron chi connectivity index (χ3n) is 1.15. The highest BCUT2D eigenvalue weighted by molar-refractivity contribution is 9.09. The van der Waals surface area contributed by atoms with E-state index in [1.54, 1.807) is 0 Å². The predicted octanol–water partition coefficient (Wildman–Crippen LogP) is 2.29. The normalized spacial score (nSPS) is 12.8. The van der Waals surface area contributed by atoms with Gasteiger partial charge in [-0.3, -0.25) is 9.05 Å². The lowest BCUT2D eigenvalue weighted by Gasteiger charge is -2.11. The van der Waals surface area contributed by atoms with Crippen LogP contribution in [0.3, 0.4) is 0 Å². The molecule has 13 heavy (non-hydrogen) atoms. The van der Waals surface area contributed by atoms with Crippen molar-refractivity contribution in [3.8, 4) is 0 Å². The molecule has 0 aliphatic heterocycles. The van der Waals surface area contributed by atoms with Crippen LogP contribution in [0.15, 0.2) is 12.0 Å². The van der Waals surface area contributed by atoms with Crippen molar-refractivity contribution in [1.82, 2.24) is 0 Å². The molecule has 0 aliphatic carbocycles. The maximum Gasteiger partial charge on any atom is 0.529 e. The molecule has 0 unspecified atom stereocenters. The van der Waals surface area contributed by atoms with Crippen molar-refractivity contribution < 1.29 is 22.9 Å². The summed E-state index contributed by atoms with van der Waals surface area (Å²) in [5.74, 6) is 0.481. The highest BCUT2D eigenvalue weighted by Gasteiger charge is 2.22. The largest absolute Gasteiger partial charge is 0.529 e. The second kappa shape index (κ2) is 6.43. The molecule has 0 radical (unpaired) electrons. The lowest BCUT2D eigenvalue weighted by Crippen LogP contribution is -1.93. The van der Waals surface area contributed by atoms with Crippen LogP contribution < -0.4 is 0 Å². The lowest BCUT2D eigenvalue weighted by atomic mass is 10.6. The molecule has 0 N–H and O–H groups in total. The first-order valence-corrected chi connectivity index (χ1v) is 5.89. The van der Waals surface area contributed by atoms with E-state index in [-0.39, 0.29) is 0 Å². The van der Waals surface area contributed by atoms with Crippen LogP contribution in [0.25, 0.3) is 0 Å². The van der Waals surface area contributed by atoms with Gasteiger partial charge in [-0.1, -0.05) is 15.9 Å². The molecule has 0 spiro atoms. The molecule has 0 saturated carbocycles. The molecule has 0 atom stereocenters. The van der Waals surface area contributed by atoms with Crippen LogP contribution in [0.5, 0.6) is 0 Å². The number of phosphoric acid groups is 1. The van der Waals surface area contributed by atoms with Gasteiger partial charge in [0.1, 0.15) is 12.0 Å². The Balaban J connectivity index is 4.26. The Bertz CT molecular complexity index is 203. The number of methoxy groups -OCH3 is 1. The van der Waals surface area contributed by atoms with Crippen LogP contribution in [0.1, 0.15) is 0 Å². The zero-order valence-electron chi connectivity index (χ0n) is 7.65. The van der Waals surface area contributed by atoms with Gasteiger partial charge >= 0.3 is 7.82 Å². The molecule has 0 rings (SSSR count). The number of phosphoric ester groups is 1. The first kappa shape index (κ1) is 13.0. The Morgan fingerprint density at radius 1 is 1.38 bits per heavy atom. The lowest BCUT2D eigenvalue weighted by molar-refractivity contribution is 0.185. The van der Waals surface area contributed by atoms with Gasteiger partial charge in [0.05, 0.1) is 12.4 Å². The molecule has 0 bridgehead atoms. The van der Waals surface area contributed by atoms with Crippen molar-refractivity contribution in [2.45, 2.75) is 0 Å². The van der Waals surface area contributed by atoms with Gasteiger partial charge in [-0.15, -0.1) is 0 Å². The van der Waals surface area contributed by atoms with E-state index in [4.69, 9.17) is 9.26 Å². The van der Waals surface area contributed by atoms with E-state index in [0.29, 0.717) is 11.1 Å². The summed E-state index contributed by atoms with van der Waals surface area (Å²) >= 11 is 3.14. The van der Waals surface area contributed by atoms with Crippen molar-refractivity contribution in [1.29, 1.82) is 0 Å². The van der Waals surface area contributed by atoms with Crippen LogP contribution in [-0.4, -0.2) is 26.7 Å². The van der Waals surface area contributed by atoms with Crippen LogP contribution in [-0.2, 0) is 22.9 Å². The van der Waals surface area contributed by atoms with Gasteiger partial charge in [0.2, 0.25) is 0 Å². The second-order valence-electron chi connectivity index (χ2n) is 1.84. The Morgan fingerprint density at radius 2 is 1.92 bits per heavy atom. The summed E-state index contributed by atoms with van der Waals surface area (Å²) in [5.41, 5.74) is 0. The SMILES string of the molecule is CO/C(=C\OP(=O)(OC)OC)CBr. The Morgan fingerprint density at radius 3 is 2.23 bits per heavy atom. The summed E-state index contributed by atoms with van der Waals surface area (Å²) in [6, 6.07) is 0. The summed E-state index contributed by atoms with van der Waals surface area (Å²) in [5, 5.41) is 0.455. The van der Waals surface area contributed by atoms with Crippen LogP contribution in [0, 0.1) is 0 Å². The molecule has 0 aliphatic rings. The van der Waals surface area contributed by atoms with Gasteiger partial charge in [-0.05, 0) is 0 Å². The van der Waals surface area contributed by atoms with E-state index in [0.717, 1.165) is 0 Å². The van der Waals surface area contributed by atoms with Gasteiger partial charge in [0, 0.05) is 14.2 Å². The quantitative estimate of drug-likeness (QED) is 0.423. The molecule has 0 aromatic carbocycles. The molecular formula is C6H12BrO5P. The first-order valence-electron chi connectivity index (χ1n) is 3.30. The topological polar surface area (TPSA) is 54.0 Å². The van der Waals surface area contributed by atoms with Crippen molar-refractivity contribution in [2.75, 3.05) is 26.7 Å². The van der Waals surface area contributed by atoms with Gasteiger partial charge in [-0.25, -0.2) is 4.57 Å². The van der Waals surface area contributed by atoms with Gasteiger partial charge < -0.3 is 9.26 Å². The number of alkyl halides is 1. The van der Waals surface area contributed by atoms with E-state index < -0.39 is 7.82 Å². The van der Waals surface area contributed by atoms with Gasteiger partial charge in [0.25, 0.3) is 0 Å². The fraction of sp³-hybridized carbons (Fsp3) is 0.667. The fourth-order valence-corrected chi connectivity index (χ4v) is 1.35. The second-order valence-corrected chi connectivity index (χ2v) is 4.24. The Kier molecular flexibility index (Phi) is 6.41. The number of halogens is 1. The van der Waals surface area contributed by atoms with E-state index in [2.05, 4.69) is 25.0 Å². The third-order valence-corrected chi connectivity index (χ3v) is 2.97. The molecule has 0 amide bonds. The average molecular weight is 275 g/mol. The summed E-state index contributed by atoms with van der Waals surface area (Å²) < 4.78 is 30.0. The van der Waals surface area contributed by atoms with Crippen LogP contribution in [0.4, 0.5) is 0 Å². The van der Waals surface area contributed by atoms with Crippen molar-refractivity contribution >= 4 is 23.8 Å². The fourth-order valence-electron chi connectivity index (χ4n) is 0.418. The monoisotopic (exact) mass is 274 g/mol. The van der Waals surface area contributed by atoms with Crippen molar-refractivity contribution in [3.63, 3.8) is 0 Å². The highest BCUT2D eigenvalue weighted by atomic mass is 79.9. The summed E-state index contributed by atoms with van der Waals surface area (Å²) in [4.78, 5) is 0. The minimum Gasteiger partial charge on any atom is -0.497 e. The highest BCUT2D eigenvalue weighted by Crippen LogP contribution is 2.47. The maximum atomic E-state index is 11.3. The average Bonchev–Trinajstić information content (AvgIpc) is 2.19. The molecular weight excluding hydrogens is 263 g/mol. The maximum absolute atomic E-state index is 11.3. The van der Waals surface area contributed by atoms with Crippen LogP contribution >= 0.6 is 23.8 Å². The van der Waals surface area contributed by atoms with Crippen LogP contribution in [0.2, 0.25) is 0 Å². The van der Waals surface area contributed by atoms with E-state index in [1.807, 2.05) is 0 Å². The molecule has 0 saturated heterocycles.